The highest BCUT2D eigenvalue weighted by atomic mass is 16.6. The smallest absolute Gasteiger partial charge is 0.358 e. The number of amides is 1. The second kappa shape index (κ2) is 3.83. The lowest BCUT2D eigenvalue weighted by molar-refractivity contribution is -0.390. The Kier molecular flexibility index (Phi) is 2.77. The molecule has 8 nitrogen and oxygen atoms in total. The summed E-state index contributed by atoms with van der Waals surface area (Å²) in [4.78, 5) is 20.6. The van der Waals surface area contributed by atoms with Crippen LogP contribution in [0.3, 0.4) is 0 Å². The molecule has 1 amide bonds. The molecule has 0 fully saturated rings. The molecule has 0 saturated heterocycles. The normalized spacial score (nSPS) is 9.86. The number of nitrogens with two attached hydrogens (primary N) is 1. The van der Waals surface area contributed by atoms with Gasteiger partial charge in [-0.1, -0.05) is 0 Å². The fourth-order valence-corrected chi connectivity index (χ4v) is 0.965. The van der Waals surface area contributed by atoms with Crippen molar-refractivity contribution in [1.82, 2.24) is 15.2 Å². The molecule has 14 heavy (non-hydrogen) atoms. The Balaban J connectivity index is 2.86. The Labute approximate surface area is 78.8 Å². The van der Waals surface area contributed by atoms with Crippen molar-refractivity contribution in [2.24, 2.45) is 5.84 Å². The first-order chi connectivity index (χ1) is 6.54. The standard InChI is InChI=1S/C6H9N5O3/c1-4-2-10(3-5(12)8-7)9-6(4)11(13)14/h2H,3,7H2,1H3,(H,8,12). The third-order valence-corrected chi connectivity index (χ3v) is 1.56. The zero-order chi connectivity index (χ0) is 10.7. The van der Waals surface area contributed by atoms with E-state index in [0.717, 1.165) is 4.68 Å². The van der Waals surface area contributed by atoms with Crippen LogP contribution in [0.4, 0.5) is 5.82 Å². The van der Waals surface area contributed by atoms with E-state index in [2.05, 4.69) is 5.10 Å². The molecule has 1 heterocycles. The van der Waals surface area contributed by atoms with Crippen molar-refractivity contribution < 1.29 is 9.72 Å². The summed E-state index contributed by atoms with van der Waals surface area (Å²) in [5.74, 6) is 4.13. The van der Waals surface area contributed by atoms with Crippen LogP contribution in [0, 0.1) is 17.0 Å². The second-order valence-electron chi connectivity index (χ2n) is 2.66. The molecule has 0 aliphatic heterocycles. The van der Waals surface area contributed by atoms with Gasteiger partial charge in [-0.05, 0) is 11.8 Å². The topological polar surface area (TPSA) is 116 Å². The van der Waals surface area contributed by atoms with Gasteiger partial charge in [-0.3, -0.25) is 10.2 Å². The van der Waals surface area contributed by atoms with E-state index >= 15 is 0 Å². The van der Waals surface area contributed by atoms with Gasteiger partial charge in [-0.2, -0.15) is 4.68 Å². The predicted octanol–water partition coefficient (Wildman–Crippen LogP) is -0.910. The van der Waals surface area contributed by atoms with Crippen molar-refractivity contribution in [1.29, 1.82) is 0 Å². The Morgan fingerprint density at radius 2 is 2.50 bits per heavy atom. The highest BCUT2D eigenvalue weighted by Crippen LogP contribution is 2.13. The van der Waals surface area contributed by atoms with Gasteiger partial charge in [0.2, 0.25) is 0 Å². The Morgan fingerprint density at radius 1 is 1.86 bits per heavy atom. The van der Waals surface area contributed by atoms with Gasteiger partial charge < -0.3 is 10.1 Å². The van der Waals surface area contributed by atoms with Crippen LogP contribution in [0.25, 0.3) is 0 Å². The van der Waals surface area contributed by atoms with Gasteiger partial charge in [0.1, 0.15) is 6.54 Å². The van der Waals surface area contributed by atoms with Crippen molar-refractivity contribution in [3.8, 4) is 0 Å². The number of carbonyl (C=O) groups is 1. The first kappa shape index (κ1) is 10.1. The monoisotopic (exact) mass is 199 g/mol. The van der Waals surface area contributed by atoms with E-state index in [4.69, 9.17) is 5.84 Å². The minimum Gasteiger partial charge on any atom is -0.358 e. The fraction of sp³-hybridized carbons (Fsp3) is 0.333. The van der Waals surface area contributed by atoms with Gasteiger partial charge in [-0.15, -0.1) is 0 Å². The summed E-state index contributed by atoms with van der Waals surface area (Å²) in [5, 5.41) is 14.0. The second-order valence-corrected chi connectivity index (χ2v) is 2.66. The van der Waals surface area contributed by atoms with Gasteiger partial charge in [0.05, 0.1) is 16.9 Å². The predicted molar refractivity (Wildman–Crippen MR) is 45.9 cm³/mol. The van der Waals surface area contributed by atoms with Crippen LogP contribution in [0.5, 0.6) is 0 Å². The van der Waals surface area contributed by atoms with Crippen molar-refractivity contribution >= 4 is 11.7 Å². The van der Waals surface area contributed by atoms with Crippen LogP contribution >= 0.6 is 0 Å². The highest BCUT2D eigenvalue weighted by Gasteiger charge is 2.17. The lowest BCUT2D eigenvalue weighted by atomic mass is 10.4. The SMILES string of the molecule is Cc1cn(CC(=O)NN)nc1[N+](=O)[O-]. The Hall–Kier alpha value is -1.96. The summed E-state index contributed by atoms with van der Waals surface area (Å²) in [5.41, 5.74) is 2.30. The zero-order valence-corrected chi connectivity index (χ0v) is 7.43. The van der Waals surface area contributed by atoms with Gasteiger partial charge >= 0.3 is 5.82 Å². The first-order valence-corrected chi connectivity index (χ1v) is 3.72. The minimum absolute atomic E-state index is 0.134. The third-order valence-electron chi connectivity index (χ3n) is 1.56. The Bertz CT molecular complexity index is 372. The van der Waals surface area contributed by atoms with Crippen LogP contribution in [0.2, 0.25) is 0 Å². The molecule has 0 unspecified atom stereocenters. The first-order valence-electron chi connectivity index (χ1n) is 3.72. The van der Waals surface area contributed by atoms with Crippen LogP contribution in [0.1, 0.15) is 5.56 Å². The van der Waals surface area contributed by atoms with Crippen molar-refractivity contribution in [2.45, 2.75) is 13.5 Å². The zero-order valence-electron chi connectivity index (χ0n) is 7.43. The molecule has 0 atom stereocenters. The molecule has 1 rings (SSSR count). The van der Waals surface area contributed by atoms with Crippen LogP contribution in [-0.4, -0.2) is 20.6 Å². The van der Waals surface area contributed by atoms with E-state index < -0.39 is 10.8 Å². The molecular weight excluding hydrogens is 190 g/mol. The average molecular weight is 199 g/mol. The van der Waals surface area contributed by atoms with E-state index in [-0.39, 0.29) is 12.4 Å². The summed E-state index contributed by atoms with van der Waals surface area (Å²) in [6.45, 7) is 1.41. The van der Waals surface area contributed by atoms with Gasteiger partial charge in [0, 0.05) is 0 Å². The number of carbonyl (C=O) groups excluding carboxylic acids is 1. The van der Waals surface area contributed by atoms with Crippen LogP contribution < -0.4 is 11.3 Å². The van der Waals surface area contributed by atoms with Crippen LogP contribution in [-0.2, 0) is 11.3 Å². The number of nitrogens with zero attached hydrogens (tertiary/aromatic N) is 3. The molecule has 0 aromatic carbocycles. The highest BCUT2D eigenvalue weighted by molar-refractivity contribution is 5.74. The van der Waals surface area contributed by atoms with Gasteiger partial charge in [0.15, 0.2) is 0 Å². The molecule has 0 aliphatic rings. The molecule has 0 saturated carbocycles. The molecule has 0 bridgehead atoms. The van der Waals surface area contributed by atoms with Gasteiger partial charge in [0.25, 0.3) is 5.91 Å². The maximum Gasteiger partial charge on any atom is 0.392 e. The summed E-state index contributed by atoms with van der Waals surface area (Å²) < 4.78 is 1.16. The van der Waals surface area contributed by atoms with Crippen molar-refractivity contribution in [3.05, 3.63) is 21.9 Å². The van der Waals surface area contributed by atoms with Crippen molar-refractivity contribution in [3.63, 3.8) is 0 Å². The van der Waals surface area contributed by atoms with E-state index in [0.29, 0.717) is 5.56 Å². The summed E-state index contributed by atoms with van der Waals surface area (Å²) >= 11 is 0. The molecular formula is C6H9N5O3. The number of hydrogen-bond donors (Lipinski definition) is 2. The quantitative estimate of drug-likeness (QED) is 0.283. The number of aryl methyl sites for hydroxylation is 1. The third kappa shape index (κ3) is 2.04. The van der Waals surface area contributed by atoms with Gasteiger partial charge in [-0.25, -0.2) is 5.84 Å². The lowest BCUT2D eigenvalue weighted by Gasteiger charge is -1.94. The maximum absolute atomic E-state index is 10.8. The molecule has 0 radical (unpaired) electrons. The number of hydrogen-bond acceptors (Lipinski definition) is 5. The lowest BCUT2D eigenvalue weighted by Crippen LogP contribution is -2.33. The molecule has 0 aliphatic carbocycles. The molecule has 1 aromatic rings. The molecule has 76 valence electrons. The number of rotatable bonds is 3. The summed E-state index contributed by atoms with van der Waals surface area (Å²) in [6.07, 6.45) is 1.41. The number of aromatic nitrogens is 2. The van der Waals surface area contributed by atoms with E-state index in [1.54, 1.807) is 6.92 Å². The van der Waals surface area contributed by atoms with Crippen molar-refractivity contribution in [2.75, 3.05) is 0 Å². The molecule has 3 N–H and O–H groups in total. The average Bonchev–Trinajstić information content (AvgIpc) is 2.46. The van der Waals surface area contributed by atoms with E-state index in [1.807, 2.05) is 5.43 Å². The number of nitrogens with one attached hydrogen (secondary N) is 1. The maximum atomic E-state index is 10.8. The molecule has 1 aromatic heterocycles. The van der Waals surface area contributed by atoms with E-state index in [1.165, 1.54) is 6.20 Å². The Morgan fingerprint density at radius 3 is 2.93 bits per heavy atom. The fourth-order valence-electron chi connectivity index (χ4n) is 0.965. The minimum atomic E-state index is -0.605. The van der Waals surface area contributed by atoms with E-state index in [9.17, 15) is 14.9 Å². The molecule has 0 spiro atoms. The largest absolute Gasteiger partial charge is 0.392 e. The number of hydrazine groups is 1. The number of nitro groups is 1. The van der Waals surface area contributed by atoms with Crippen LogP contribution in [0.15, 0.2) is 6.20 Å². The molecule has 8 heteroatoms. The summed E-state index contributed by atoms with van der Waals surface area (Å²) in [7, 11) is 0. The summed E-state index contributed by atoms with van der Waals surface area (Å²) in [6, 6.07) is 0.